The maximum absolute atomic E-state index is 13.1. The lowest BCUT2D eigenvalue weighted by Crippen LogP contribution is -2.61. The summed E-state index contributed by atoms with van der Waals surface area (Å²) >= 11 is 5.22. The van der Waals surface area contributed by atoms with E-state index >= 15 is 0 Å². The quantitative estimate of drug-likeness (QED) is 0.804. The van der Waals surface area contributed by atoms with E-state index in [-0.39, 0.29) is 11.9 Å². The fourth-order valence-corrected chi connectivity index (χ4v) is 4.13. The summed E-state index contributed by atoms with van der Waals surface area (Å²) in [5.74, 6) is 0.147. The molecule has 0 aromatic heterocycles. The molecule has 5 heteroatoms. The van der Waals surface area contributed by atoms with Crippen LogP contribution in [-0.2, 0) is 4.79 Å². The lowest BCUT2D eigenvalue weighted by atomic mass is 9.80. The number of amides is 1. The lowest BCUT2D eigenvalue weighted by molar-refractivity contribution is -0.144. The van der Waals surface area contributed by atoms with Gasteiger partial charge in [0.25, 0.3) is 0 Å². The van der Waals surface area contributed by atoms with Crippen LogP contribution in [0.5, 0.6) is 0 Å². The molecule has 2 aliphatic heterocycles. The van der Waals surface area contributed by atoms with Crippen molar-refractivity contribution in [2.75, 3.05) is 19.6 Å². The minimum Gasteiger partial charge on any atom is -0.392 e. The fourth-order valence-electron chi connectivity index (χ4n) is 3.75. The van der Waals surface area contributed by atoms with E-state index in [1.165, 1.54) is 19.4 Å². The Morgan fingerprint density at radius 2 is 2.00 bits per heavy atom. The second-order valence-electron chi connectivity index (χ2n) is 6.25. The maximum Gasteiger partial charge on any atom is 0.235 e. The minimum atomic E-state index is -0.648. The SMILES string of the molecule is CCC(CC)(C(=O)N1CC2CCCN2CC1C)C(N)=S. The van der Waals surface area contributed by atoms with Crippen LogP contribution in [0.15, 0.2) is 0 Å². The highest BCUT2D eigenvalue weighted by molar-refractivity contribution is 7.80. The Hall–Kier alpha value is -0.680. The van der Waals surface area contributed by atoms with Gasteiger partial charge >= 0.3 is 0 Å². The van der Waals surface area contributed by atoms with Gasteiger partial charge in [0.15, 0.2) is 0 Å². The van der Waals surface area contributed by atoms with Crippen molar-refractivity contribution in [3.05, 3.63) is 0 Å². The Kier molecular flexibility index (Phi) is 4.69. The molecule has 2 rings (SSSR count). The first-order valence-corrected chi connectivity index (χ1v) is 8.22. The second kappa shape index (κ2) is 5.98. The summed E-state index contributed by atoms with van der Waals surface area (Å²) in [4.78, 5) is 18.0. The van der Waals surface area contributed by atoms with Gasteiger partial charge in [0.2, 0.25) is 5.91 Å². The summed E-state index contributed by atoms with van der Waals surface area (Å²) in [6, 6.07) is 0.789. The standard InChI is InChI=1S/C15H27N3OS/c1-4-15(5-2,13(16)20)14(19)18-10-12-7-6-8-17(12)9-11(18)3/h11-12H,4-10H2,1-3H3,(H2,16,20). The average molecular weight is 297 g/mol. The number of hydrogen-bond acceptors (Lipinski definition) is 3. The highest BCUT2D eigenvalue weighted by Crippen LogP contribution is 2.33. The largest absolute Gasteiger partial charge is 0.392 e. The molecule has 2 heterocycles. The van der Waals surface area contributed by atoms with E-state index in [2.05, 4.69) is 11.8 Å². The molecule has 114 valence electrons. The Labute approximate surface area is 127 Å². The molecule has 0 radical (unpaired) electrons. The fraction of sp³-hybridized carbons (Fsp3) is 0.867. The van der Waals surface area contributed by atoms with Gasteiger partial charge in [-0.2, -0.15) is 0 Å². The monoisotopic (exact) mass is 297 g/mol. The highest BCUT2D eigenvalue weighted by Gasteiger charge is 2.45. The van der Waals surface area contributed by atoms with Crippen LogP contribution in [0.25, 0.3) is 0 Å². The summed E-state index contributed by atoms with van der Waals surface area (Å²) in [7, 11) is 0. The summed E-state index contributed by atoms with van der Waals surface area (Å²) < 4.78 is 0. The van der Waals surface area contributed by atoms with Crippen LogP contribution in [0.1, 0.15) is 46.5 Å². The van der Waals surface area contributed by atoms with Gasteiger partial charge in [-0.1, -0.05) is 26.1 Å². The molecule has 2 saturated heterocycles. The van der Waals surface area contributed by atoms with Crippen molar-refractivity contribution < 1.29 is 4.79 Å². The van der Waals surface area contributed by atoms with Crippen LogP contribution in [0, 0.1) is 5.41 Å². The van der Waals surface area contributed by atoms with Gasteiger partial charge < -0.3 is 10.6 Å². The van der Waals surface area contributed by atoms with Gasteiger partial charge in [0.1, 0.15) is 0 Å². The molecule has 2 unspecified atom stereocenters. The first kappa shape index (κ1) is 15.7. The molecule has 0 spiro atoms. The van der Waals surface area contributed by atoms with Crippen LogP contribution >= 0.6 is 12.2 Å². The van der Waals surface area contributed by atoms with Crippen molar-refractivity contribution in [2.45, 2.75) is 58.5 Å². The predicted molar refractivity (Wildman–Crippen MR) is 85.6 cm³/mol. The predicted octanol–water partition coefficient (Wildman–Crippen LogP) is 1.77. The molecule has 0 saturated carbocycles. The molecule has 0 aromatic rings. The third-order valence-electron chi connectivity index (χ3n) is 5.29. The van der Waals surface area contributed by atoms with Gasteiger partial charge in [-0.05, 0) is 39.2 Å². The third-order valence-corrected chi connectivity index (χ3v) is 5.68. The number of piperazine rings is 1. The van der Waals surface area contributed by atoms with Crippen molar-refractivity contribution in [3.8, 4) is 0 Å². The topological polar surface area (TPSA) is 49.6 Å². The van der Waals surface area contributed by atoms with Crippen LogP contribution in [0.4, 0.5) is 0 Å². The highest BCUT2D eigenvalue weighted by atomic mass is 32.1. The molecular weight excluding hydrogens is 270 g/mol. The molecule has 0 aliphatic carbocycles. The number of thiocarbonyl (C=S) groups is 1. The van der Waals surface area contributed by atoms with E-state index in [9.17, 15) is 4.79 Å². The average Bonchev–Trinajstić information content (AvgIpc) is 2.86. The van der Waals surface area contributed by atoms with E-state index in [1.54, 1.807) is 0 Å². The van der Waals surface area contributed by atoms with E-state index in [0.717, 1.165) is 13.1 Å². The van der Waals surface area contributed by atoms with Crippen molar-refractivity contribution in [2.24, 2.45) is 11.1 Å². The molecule has 1 amide bonds. The summed E-state index contributed by atoms with van der Waals surface area (Å²) in [6.07, 6.45) is 3.83. The van der Waals surface area contributed by atoms with Crippen molar-refractivity contribution in [3.63, 3.8) is 0 Å². The van der Waals surface area contributed by atoms with Crippen molar-refractivity contribution in [1.82, 2.24) is 9.80 Å². The molecule has 2 aliphatic rings. The van der Waals surface area contributed by atoms with Crippen molar-refractivity contribution >= 4 is 23.1 Å². The second-order valence-corrected chi connectivity index (χ2v) is 6.69. The Bertz CT molecular complexity index is 395. The number of fused-ring (bicyclic) bond motifs is 1. The Morgan fingerprint density at radius 1 is 1.35 bits per heavy atom. The first-order valence-electron chi connectivity index (χ1n) is 7.81. The number of rotatable bonds is 4. The Balaban J connectivity index is 2.20. The van der Waals surface area contributed by atoms with Crippen LogP contribution in [0.2, 0.25) is 0 Å². The number of nitrogens with zero attached hydrogens (tertiary/aromatic N) is 2. The molecule has 2 atom stereocenters. The van der Waals surface area contributed by atoms with E-state index < -0.39 is 5.41 Å². The van der Waals surface area contributed by atoms with Crippen LogP contribution < -0.4 is 5.73 Å². The van der Waals surface area contributed by atoms with E-state index in [0.29, 0.717) is 23.9 Å². The van der Waals surface area contributed by atoms with Gasteiger partial charge in [0, 0.05) is 25.2 Å². The number of carbonyl (C=O) groups excluding carboxylic acids is 1. The number of hydrogen-bond donors (Lipinski definition) is 1. The summed E-state index contributed by atoms with van der Waals surface area (Å²) in [5.41, 5.74) is 5.28. The summed E-state index contributed by atoms with van der Waals surface area (Å²) in [5, 5.41) is 0. The molecule has 0 aromatic carbocycles. The Morgan fingerprint density at radius 3 is 2.55 bits per heavy atom. The molecule has 2 fully saturated rings. The molecule has 0 bridgehead atoms. The lowest BCUT2D eigenvalue weighted by Gasteiger charge is -2.46. The van der Waals surface area contributed by atoms with Gasteiger partial charge in [-0.3, -0.25) is 9.69 Å². The van der Waals surface area contributed by atoms with Crippen LogP contribution in [0.3, 0.4) is 0 Å². The molecule has 20 heavy (non-hydrogen) atoms. The smallest absolute Gasteiger partial charge is 0.235 e. The van der Waals surface area contributed by atoms with Crippen molar-refractivity contribution in [1.29, 1.82) is 0 Å². The zero-order valence-corrected chi connectivity index (χ0v) is 13.7. The minimum absolute atomic E-state index is 0.147. The van der Waals surface area contributed by atoms with Gasteiger partial charge in [0.05, 0.1) is 10.4 Å². The van der Waals surface area contributed by atoms with Gasteiger partial charge in [-0.25, -0.2) is 0 Å². The zero-order chi connectivity index (χ0) is 14.9. The van der Waals surface area contributed by atoms with E-state index in [1.807, 2.05) is 18.7 Å². The molecular formula is C15H27N3OS. The van der Waals surface area contributed by atoms with E-state index in [4.69, 9.17) is 18.0 Å². The number of nitrogens with two attached hydrogens (primary N) is 1. The maximum atomic E-state index is 13.1. The number of carbonyl (C=O) groups is 1. The summed E-state index contributed by atoms with van der Waals surface area (Å²) in [6.45, 7) is 9.16. The molecule has 4 nitrogen and oxygen atoms in total. The zero-order valence-electron chi connectivity index (χ0n) is 12.9. The van der Waals surface area contributed by atoms with Crippen LogP contribution in [-0.4, -0.2) is 52.4 Å². The van der Waals surface area contributed by atoms with Gasteiger partial charge in [-0.15, -0.1) is 0 Å². The molecule has 2 N–H and O–H groups in total. The third kappa shape index (κ3) is 2.46. The normalized spacial score (nSPS) is 27.4. The first-order chi connectivity index (χ1) is 9.46.